The van der Waals surface area contributed by atoms with Gasteiger partial charge in [0, 0.05) is 19.2 Å². The summed E-state index contributed by atoms with van der Waals surface area (Å²) in [6.45, 7) is 2.20. The van der Waals surface area contributed by atoms with Crippen LogP contribution in [0.1, 0.15) is 18.2 Å². The number of hydrogen-bond donors (Lipinski definition) is 0. The van der Waals surface area contributed by atoms with Gasteiger partial charge in [0.15, 0.2) is 9.84 Å². The monoisotopic (exact) mass is 330 g/mol. The molecular weight excluding hydrogens is 312 g/mol. The first-order chi connectivity index (χ1) is 11.0. The molecule has 0 aliphatic carbocycles. The second kappa shape index (κ2) is 6.12. The van der Waals surface area contributed by atoms with Crippen molar-refractivity contribution in [1.29, 1.82) is 0 Å². The number of amides is 1. The lowest BCUT2D eigenvalue weighted by Gasteiger charge is -2.18. The van der Waals surface area contributed by atoms with Crippen LogP contribution >= 0.6 is 0 Å². The molecular formula is C17H18N2O3S. The Labute approximate surface area is 135 Å². The average molecular weight is 330 g/mol. The van der Waals surface area contributed by atoms with Crippen molar-refractivity contribution in [3.05, 3.63) is 53.9 Å². The van der Waals surface area contributed by atoms with Gasteiger partial charge in [-0.2, -0.15) is 0 Å². The molecule has 2 heterocycles. The minimum atomic E-state index is -3.34. The fourth-order valence-corrected chi connectivity index (χ4v) is 3.97. The fraction of sp³-hybridized carbons (Fsp3) is 0.294. The van der Waals surface area contributed by atoms with Gasteiger partial charge in [0.2, 0.25) is 5.91 Å². The number of carbonyl (C=O) groups excluding carboxylic acids is 1. The number of rotatable bonds is 4. The van der Waals surface area contributed by atoms with Crippen molar-refractivity contribution in [2.45, 2.75) is 24.7 Å². The summed E-state index contributed by atoms with van der Waals surface area (Å²) in [7, 11) is -3.34. The number of nitrogens with zero attached hydrogens (tertiary/aromatic N) is 2. The number of hydrogen-bond acceptors (Lipinski definition) is 4. The molecule has 0 radical (unpaired) electrons. The molecule has 1 aliphatic heterocycles. The molecule has 1 amide bonds. The molecule has 0 N–H and O–H groups in total. The lowest BCUT2D eigenvalue weighted by molar-refractivity contribution is -0.117. The first-order valence-electron chi connectivity index (χ1n) is 7.58. The smallest absolute Gasteiger partial charge is 0.231 e. The summed E-state index contributed by atoms with van der Waals surface area (Å²) in [5, 5.41) is 0. The van der Waals surface area contributed by atoms with Gasteiger partial charge in [-0.25, -0.2) is 8.42 Å². The Kier molecular flexibility index (Phi) is 4.17. The van der Waals surface area contributed by atoms with Gasteiger partial charge in [-0.15, -0.1) is 0 Å². The predicted molar refractivity (Wildman–Crippen MR) is 88.2 cm³/mol. The van der Waals surface area contributed by atoms with E-state index < -0.39 is 9.84 Å². The van der Waals surface area contributed by atoms with Crippen LogP contribution in [-0.2, 0) is 27.5 Å². The van der Waals surface area contributed by atoms with Crippen LogP contribution in [-0.4, -0.2) is 31.6 Å². The third-order valence-corrected chi connectivity index (χ3v) is 5.89. The van der Waals surface area contributed by atoms with Crippen LogP contribution in [0.4, 0.5) is 5.69 Å². The zero-order valence-electron chi connectivity index (χ0n) is 12.9. The van der Waals surface area contributed by atoms with Crippen molar-refractivity contribution < 1.29 is 13.2 Å². The second-order valence-electron chi connectivity index (χ2n) is 5.45. The molecule has 1 aliphatic rings. The van der Waals surface area contributed by atoms with E-state index in [4.69, 9.17) is 0 Å². The van der Waals surface area contributed by atoms with Gasteiger partial charge >= 0.3 is 0 Å². The van der Waals surface area contributed by atoms with E-state index in [9.17, 15) is 13.2 Å². The lowest BCUT2D eigenvalue weighted by Crippen LogP contribution is -2.30. The number of sulfone groups is 1. The highest BCUT2D eigenvalue weighted by Crippen LogP contribution is 2.27. The normalized spacial score (nSPS) is 13.9. The first-order valence-corrected chi connectivity index (χ1v) is 9.23. The van der Waals surface area contributed by atoms with Gasteiger partial charge in [-0.05, 0) is 23.8 Å². The van der Waals surface area contributed by atoms with Crippen molar-refractivity contribution in [3.8, 4) is 0 Å². The van der Waals surface area contributed by atoms with Crippen LogP contribution in [0.5, 0.6) is 0 Å². The number of aromatic nitrogens is 1. The molecule has 0 unspecified atom stereocenters. The molecule has 1 aromatic carbocycles. The number of carbonyl (C=O) groups is 1. The largest absolute Gasteiger partial charge is 0.310 e. The SMILES string of the molecule is CCS(=O)(=O)c1ccccc1CC(=O)N1CCc2ncccc21. The van der Waals surface area contributed by atoms with E-state index in [1.807, 2.05) is 6.07 Å². The standard InChI is InChI=1S/C17H18N2O3S/c1-2-23(21,22)16-8-4-3-6-13(16)12-17(20)19-11-9-14-15(19)7-5-10-18-14/h3-8,10H,2,9,11-12H2,1H3. The van der Waals surface area contributed by atoms with Gasteiger partial charge in [0.25, 0.3) is 0 Å². The number of benzene rings is 1. The highest BCUT2D eigenvalue weighted by Gasteiger charge is 2.26. The van der Waals surface area contributed by atoms with Crippen molar-refractivity contribution in [2.75, 3.05) is 17.2 Å². The van der Waals surface area contributed by atoms with Crippen LogP contribution in [0, 0.1) is 0 Å². The molecule has 3 rings (SSSR count). The predicted octanol–water partition coefficient (Wildman–Crippen LogP) is 2.01. The average Bonchev–Trinajstić information content (AvgIpc) is 2.99. The highest BCUT2D eigenvalue weighted by atomic mass is 32.2. The van der Waals surface area contributed by atoms with E-state index in [1.165, 1.54) is 0 Å². The van der Waals surface area contributed by atoms with E-state index in [0.717, 1.165) is 17.8 Å². The maximum atomic E-state index is 12.6. The summed E-state index contributed by atoms with van der Waals surface area (Å²) < 4.78 is 24.4. The van der Waals surface area contributed by atoms with Crippen LogP contribution in [0.15, 0.2) is 47.5 Å². The van der Waals surface area contributed by atoms with Crippen LogP contribution in [0.3, 0.4) is 0 Å². The summed E-state index contributed by atoms with van der Waals surface area (Å²) in [5.74, 6) is -0.0789. The van der Waals surface area contributed by atoms with E-state index in [1.54, 1.807) is 48.4 Å². The third kappa shape index (κ3) is 2.99. The van der Waals surface area contributed by atoms with Gasteiger partial charge in [0.1, 0.15) is 0 Å². The zero-order valence-corrected chi connectivity index (χ0v) is 13.7. The summed E-state index contributed by atoms with van der Waals surface area (Å²) in [5.41, 5.74) is 2.29. The first kappa shape index (κ1) is 15.7. The summed E-state index contributed by atoms with van der Waals surface area (Å²) >= 11 is 0. The van der Waals surface area contributed by atoms with E-state index >= 15 is 0 Å². The molecule has 0 spiro atoms. The minimum absolute atomic E-state index is 0.0225. The summed E-state index contributed by atoms with van der Waals surface area (Å²) in [6, 6.07) is 10.4. The quantitative estimate of drug-likeness (QED) is 0.860. The van der Waals surface area contributed by atoms with E-state index in [0.29, 0.717) is 12.1 Å². The molecule has 0 atom stereocenters. The van der Waals surface area contributed by atoms with E-state index in [-0.39, 0.29) is 23.0 Å². The van der Waals surface area contributed by atoms with Crippen molar-refractivity contribution in [3.63, 3.8) is 0 Å². The molecule has 1 aromatic heterocycles. The number of fused-ring (bicyclic) bond motifs is 1. The van der Waals surface area contributed by atoms with E-state index in [2.05, 4.69) is 4.98 Å². The Morgan fingerprint density at radius 2 is 2.00 bits per heavy atom. The molecule has 0 saturated carbocycles. The summed E-state index contributed by atoms with van der Waals surface area (Å²) in [6.07, 6.45) is 2.52. The molecule has 5 nitrogen and oxygen atoms in total. The second-order valence-corrected chi connectivity index (χ2v) is 7.70. The minimum Gasteiger partial charge on any atom is -0.310 e. The number of pyridine rings is 1. The van der Waals surface area contributed by atoms with Crippen molar-refractivity contribution >= 4 is 21.4 Å². The van der Waals surface area contributed by atoms with Crippen LogP contribution in [0.25, 0.3) is 0 Å². The Hall–Kier alpha value is -2.21. The Bertz CT molecular complexity index is 846. The fourth-order valence-electron chi connectivity index (χ4n) is 2.83. The molecule has 23 heavy (non-hydrogen) atoms. The Morgan fingerprint density at radius 3 is 2.78 bits per heavy atom. The van der Waals surface area contributed by atoms with Gasteiger partial charge < -0.3 is 4.90 Å². The molecule has 2 aromatic rings. The number of anilines is 1. The maximum absolute atomic E-state index is 12.6. The topological polar surface area (TPSA) is 67.3 Å². The highest BCUT2D eigenvalue weighted by molar-refractivity contribution is 7.91. The van der Waals surface area contributed by atoms with Gasteiger partial charge in [0.05, 0.1) is 28.5 Å². The van der Waals surface area contributed by atoms with Crippen molar-refractivity contribution in [2.24, 2.45) is 0 Å². The van der Waals surface area contributed by atoms with Crippen molar-refractivity contribution in [1.82, 2.24) is 4.98 Å². The summed E-state index contributed by atoms with van der Waals surface area (Å²) in [4.78, 5) is 18.9. The van der Waals surface area contributed by atoms with Crippen LogP contribution in [0.2, 0.25) is 0 Å². The Morgan fingerprint density at radius 1 is 1.22 bits per heavy atom. The maximum Gasteiger partial charge on any atom is 0.231 e. The lowest BCUT2D eigenvalue weighted by atomic mass is 10.1. The molecule has 0 fully saturated rings. The van der Waals surface area contributed by atoms with Gasteiger partial charge in [-0.1, -0.05) is 25.1 Å². The van der Waals surface area contributed by atoms with Crippen LogP contribution < -0.4 is 4.90 Å². The zero-order chi connectivity index (χ0) is 16.4. The Balaban J connectivity index is 1.88. The molecule has 0 bridgehead atoms. The third-order valence-electron chi connectivity index (χ3n) is 4.06. The molecule has 6 heteroatoms. The molecule has 120 valence electrons. The van der Waals surface area contributed by atoms with Gasteiger partial charge in [-0.3, -0.25) is 9.78 Å². The molecule has 0 saturated heterocycles.